The molecule has 0 aromatic heterocycles. The third-order valence-corrected chi connectivity index (χ3v) is 4.33. The van der Waals surface area contributed by atoms with Crippen molar-refractivity contribution in [2.45, 2.75) is 32.4 Å². The van der Waals surface area contributed by atoms with Crippen molar-refractivity contribution in [3.63, 3.8) is 0 Å². The molecule has 2 aliphatic rings. The topological polar surface area (TPSA) is 103 Å². The molecule has 1 fully saturated rings. The summed E-state index contributed by atoms with van der Waals surface area (Å²) < 4.78 is 19.0. The van der Waals surface area contributed by atoms with Gasteiger partial charge in [-0.25, -0.2) is 4.39 Å². The van der Waals surface area contributed by atoms with Crippen LogP contribution in [0.2, 0.25) is 0 Å². The number of nitrogens with zero attached hydrogens (tertiary/aromatic N) is 1. The van der Waals surface area contributed by atoms with E-state index in [0.717, 1.165) is 25.2 Å². The normalized spacial score (nSPS) is 22.8. The zero-order valence-electron chi connectivity index (χ0n) is 15.1. The van der Waals surface area contributed by atoms with E-state index in [1.54, 1.807) is 18.2 Å². The molecule has 2 heterocycles. The lowest BCUT2D eigenvalue weighted by Crippen LogP contribution is -2.45. The molecule has 1 aromatic carbocycles. The lowest BCUT2D eigenvalue weighted by molar-refractivity contribution is 0.295. The largest absolute Gasteiger partial charge is 0.493 e. The second-order valence-corrected chi connectivity index (χ2v) is 5.90. The van der Waals surface area contributed by atoms with Gasteiger partial charge in [0, 0.05) is 36.4 Å². The Morgan fingerprint density at radius 3 is 2.80 bits per heavy atom. The van der Waals surface area contributed by atoms with Crippen LogP contribution in [-0.2, 0) is 0 Å². The molecule has 1 saturated heterocycles. The number of fused-ring (bicyclic) bond motifs is 1. The molecule has 0 radical (unpaired) electrons. The molecule has 0 spiro atoms. The van der Waals surface area contributed by atoms with Gasteiger partial charge in [-0.3, -0.25) is 0 Å². The summed E-state index contributed by atoms with van der Waals surface area (Å²) in [6.45, 7) is 5.49. The van der Waals surface area contributed by atoms with Gasteiger partial charge in [-0.05, 0) is 24.6 Å². The molecule has 1 aromatic rings. The van der Waals surface area contributed by atoms with Crippen molar-refractivity contribution >= 4 is 5.70 Å². The fourth-order valence-electron chi connectivity index (χ4n) is 3.24. The number of rotatable bonds is 3. The van der Waals surface area contributed by atoms with Crippen molar-refractivity contribution in [3.8, 4) is 5.75 Å². The number of para-hydroxylation sites is 1. The Balaban J connectivity index is 0.00000109. The summed E-state index contributed by atoms with van der Waals surface area (Å²) in [5.74, 6) is 0.221. The number of hydrogen-bond acceptors (Lipinski definition) is 6. The van der Waals surface area contributed by atoms with Gasteiger partial charge < -0.3 is 32.2 Å². The second kappa shape index (κ2) is 8.11. The fraction of sp³-hybridized carbons (Fsp3) is 0.444. The Hall–Kier alpha value is -2.41. The summed E-state index contributed by atoms with van der Waals surface area (Å²) in [6, 6.07) is 5.06. The zero-order valence-corrected chi connectivity index (χ0v) is 15.1. The van der Waals surface area contributed by atoms with Crippen LogP contribution < -0.4 is 27.3 Å². The van der Waals surface area contributed by atoms with Gasteiger partial charge in [0.15, 0.2) is 11.6 Å². The van der Waals surface area contributed by atoms with E-state index in [2.05, 4.69) is 10.2 Å². The summed E-state index contributed by atoms with van der Waals surface area (Å²) in [5.41, 5.74) is 20.0. The van der Waals surface area contributed by atoms with Gasteiger partial charge in [-0.15, -0.1) is 0 Å². The van der Waals surface area contributed by atoms with Crippen molar-refractivity contribution in [1.29, 1.82) is 0 Å². The summed E-state index contributed by atoms with van der Waals surface area (Å²) in [6.07, 6.45) is 2.66. The van der Waals surface area contributed by atoms with E-state index in [1.165, 1.54) is 13.2 Å². The SMILES string of the molecule is CC.COc1c(F)cccc1/C(N)=C/C1=C(N)NCC2CC(N)CN12. The molecular weight excluding hydrogens is 321 g/mol. The maximum atomic E-state index is 13.8. The van der Waals surface area contributed by atoms with E-state index in [4.69, 9.17) is 21.9 Å². The Bertz CT molecular complexity index is 673. The first-order valence-corrected chi connectivity index (χ1v) is 8.57. The Morgan fingerprint density at radius 1 is 1.40 bits per heavy atom. The summed E-state index contributed by atoms with van der Waals surface area (Å²) >= 11 is 0. The maximum Gasteiger partial charge on any atom is 0.165 e. The highest BCUT2D eigenvalue weighted by Gasteiger charge is 2.34. The molecule has 0 amide bonds. The number of hydrogen-bond donors (Lipinski definition) is 4. The Morgan fingerprint density at radius 2 is 2.12 bits per heavy atom. The molecule has 0 bridgehead atoms. The van der Waals surface area contributed by atoms with Crippen molar-refractivity contribution in [2.75, 3.05) is 20.2 Å². The second-order valence-electron chi connectivity index (χ2n) is 5.90. The number of benzene rings is 1. The van der Waals surface area contributed by atoms with Crippen LogP contribution in [0.25, 0.3) is 5.70 Å². The van der Waals surface area contributed by atoms with Gasteiger partial charge in [0.2, 0.25) is 0 Å². The molecule has 2 unspecified atom stereocenters. The molecule has 7 heteroatoms. The van der Waals surface area contributed by atoms with Crippen LogP contribution in [0.15, 0.2) is 35.8 Å². The van der Waals surface area contributed by atoms with Gasteiger partial charge in [0.25, 0.3) is 0 Å². The smallest absolute Gasteiger partial charge is 0.165 e. The van der Waals surface area contributed by atoms with Crippen LogP contribution >= 0.6 is 0 Å². The molecule has 0 aliphatic carbocycles. The minimum Gasteiger partial charge on any atom is -0.493 e. The van der Waals surface area contributed by atoms with E-state index in [0.29, 0.717) is 23.1 Å². The third kappa shape index (κ3) is 3.82. The van der Waals surface area contributed by atoms with Crippen molar-refractivity contribution in [2.24, 2.45) is 17.2 Å². The predicted molar refractivity (Wildman–Crippen MR) is 98.8 cm³/mol. The van der Waals surface area contributed by atoms with E-state index in [9.17, 15) is 4.39 Å². The minimum atomic E-state index is -0.453. The number of nitrogens with two attached hydrogens (primary N) is 3. The Labute approximate surface area is 148 Å². The highest BCUT2D eigenvalue weighted by Crippen LogP contribution is 2.30. The number of halogens is 1. The van der Waals surface area contributed by atoms with E-state index in [1.807, 2.05) is 13.8 Å². The summed E-state index contributed by atoms with van der Waals surface area (Å²) in [7, 11) is 1.42. The molecule has 138 valence electrons. The van der Waals surface area contributed by atoms with Crippen molar-refractivity contribution < 1.29 is 9.13 Å². The van der Waals surface area contributed by atoms with E-state index in [-0.39, 0.29) is 11.8 Å². The number of ether oxygens (including phenoxy) is 1. The lowest BCUT2D eigenvalue weighted by Gasteiger charge is -2.34. The van der Waals surface area contributed by atoms with Gasteiger partial charge >= 0.3 is 0 Å². The van der Waals surface area contributed by atoms with Crippen LogP contribution in [0.4, 0.5) is 4.39 Å². The van der Waals surface area contributed by atoms with E-state index < -0.39 is 5.82 Å². The molecule has 6 nitrogen and oxygen atoms in total. The zero-order chi connectivity index (χ0) is 18.6. The third-order valence-electron chi connectivity index (χ3n) is 4.33. The first-order valence-electron chi connectivity index (χ1n) is 8.57. The first-order chi connectivity index (χ1) is 12.0. The lowest BCUT2D eigenvalue weighted by atomic mass is 10.1. The van der Waals surface area contributed by atoms with E-state index >= 15 is 0 Å². The maximum absolute atomic E-state index is 13.8. The average molecular weight is 349 g/mol. The Kier molecular flexibility index (Phi) is 6.14. The van der Waals surface area contributed by atoms with Gasteiger partial charge in [0.05, 0.1) is 12.8 Å². The van der Waals surface area contributed by atoms with Crippen molar-refractivity contribution in [1.82, 2.24) is 10.2 Å². The highest BCUT2D eigenvalue weighted by molar-refractivity contribution is 5.70. The van der Waals surface area contributed by atoms with Crippen LogP contribution in [0.5, 0.6) is 5.75 Å². The number of methoxy groups -OCH3 is 1. The molecule has 0 saturated carbocycles. The van der Waals surface area contributed by atoms with Crippen LogP contribution in [0, 0.1) is 5.82 Å². The van der Waals surface area contributed by atoms with Crippen LogP contribution in [-0.4, -0.2) is 37.2 Å². The number of nitrogens with one attached hydrogen (secondary N) is 1. The van der Waals surface area contributed by atoms with Crippen molar-refractivity contribution in [3.05, 3.63) is 47.2 Å². The first kappa shape index (κ1) is 18.9. The fourth-order valence-corrected chi connectivity index (χ4v) is 3.24. The highest BCUT2D eigenvalue weighted by atomic mass is 19.1. The molecule has 3 rings (SSSR count). The van der Waals surface area contributed by atoms with Crippen LogP contribution in [0.1, 0.15) is 25.8 Å². The van der Waals surface area contributed by atoms with Gasteiger partial charge in [-0.2, -0.15) is 0 Å². The quantitative estimate of drug-likeness (QED) is 0.656. The summed E-state index contributed by atoms with van der Waals surface area (Å²) in [4.78, 5) is 2.16. The van der Waals surface area contributed by atoms with Gasteiger partial charge in [-0.1, -0.05) is 19.9 Å². The minimum absolute atomic E-state index is 0.112. The standard InChI is InChI=1S/C16H22FN5O.C2H6/c1-23-15-11(3-2-4-12(15)17)13(19)6-14-16(20)21-7-10-5-9(18)8-22(10)14;1-2/h2-4,6,9-10,21H,5,7-8,18-20H2,1H3;1-2H3/b13-6-;. The summed E-state index contributed by atoms with van der Waals surface area (Å²) in [5, 5.41) is 3.18. The van der Waals surface area contributed by atoms with Gasteiger partial charge in [0.1, 0.15) is 5.82 Å². The predicted octanol–water partition coefficient (Wildman–Crippen LogP) is 1.29. The molecule has 7 N–H and O–H groups in total. The number of allylic oxidation sites excluding steroid dienone is 1. The average Bonchev–Trinajstić information content (AvgIpc) is 2.99. The molecular formula is C18H28FN5O. The molecule has 2 aliphatic heterocycles. The molecule has 25 heavy (non-hydrogen) atoms. The molecule has 2 atom stereocenters. The van der Waals surface area contributed by atoms with Crippen LogP contribution in [0.3, 0.4) is 0 Å². The monoisotopic (exact) mass is 349 g/mol.